The third-order valence-corrected chi connectivity index (χ3v) is 6.77. The van der Waals surface area contributed by atoms with Crippen molar-refractivity contribution in [1.82, 2.24) is 14.9 Å². The van der Waals surface area contributed by atoms with Crippen LogP contribution < -0.4 is 4.74 Å². The number of hydrogen-bond acceptors (Lipinski definition) is 6. The van der Waals surface area contributed by atoms with E-state index in [-0.39, 0.29) is 11.1 Å². The predicted octanol–water partition coefficient (Wildman–Crippen LogP) is 5.50. The number of carbonyl (C=O) groups excluding carboxylic acids is 2. The summed E-state index contributed by atoms with van der Waals surface area (Å²) in [7, 11) is 0. The number of aromatic nitrogens is 2. The van der Waals surface area contributed by atoms with Gasteiger partial charge in [0.25, 0.3) is 11.1 Å². The molecule has 1 saturated heterocycles. The summed E-state index contributed by atoms with van der Waals surface area (Å²) in [4.78, 5) is 35.8. The Kier molecular flexibility index (Phi) is 8.32. The van der Waals surface area contributed by atoms with E-state index in [1.807, 2.05) is 54.9 Å². The van der Waals surface area contributed by atoms with Crippen LogP contribution in [0, 0.1) is 0 Å². The Morgan fingerprint density at radius 1 is 0.857 bits per heavy atom. The van der Waals surface area contributed by atoms with Crippen molar-refractivity contribution in [3.63, 3.8) is 0 Å². The number of rotatable bonds is 10. The number of hydrogen-bond donors (Lipinski definition) is 0. The molecule has 0 bridgehead atoms. The van der Waals surface area contributed by atoms with Gasteiger partial charge in [0.05, 0.1) is 11.5 Å². The largest absolute Gasteiger partial charge is 0.493 e. The molecule has 0 aliphatic carbocycles. The van der Waals surface area contributed by atoms with E-state index in [9.17, 15) is 9.59 Å². The number of aryl methyl sites for hydroxylation is 2. The Balaban J connectivity index is 1.29. The van der Waals surface area contributed by atoms with Crippen LogP contribution in [0.4, 0.5) is 4.79 Å². The highest BCUT2D eigenvalue weighted by Gasteiger charge is 2.34. The maximum Gasteiger partial charge on any atom is 0.293 e. The Labute approximate surface area is 210 Å². The third kappa shape index (κ3) is 6.57. The van der Waals surface area contributed by atoms with Crippen molar-refractivity contribution >= 4 is 29.0 Å². The zero-order chi connectivity index (χ0) is 24.6. The molecular weight excluding hydrogens is 458 g/mol. The van der Waals surface area contributed by atoms with Gasteiger partial charge in [0.15, 0.2) is 0 Å². The lowest BCUT2D eigenvalue weighted by Crippen LogP contribution is -2.30. The molecule has 1 aliphatic rings. The highest BCUT2D eigenvalue weighted by Crippen LogP contribution is 2.32. The summed E-state index contributed by atoms with van der Waals surface area (Å²) in [5.74, 6) is 0.495. The minimum absolute atomic E-state index is 0.244. The molecule has 1 aliphatic heterocycles. The first kappa shape index (κ1) is 24.7. The van der Waals surface area contributed by atoms with Gasteiger partial charge in [-0.25, -0.2) is 0 Å². The smallest absolute Gasteiger partial charge is 0.293 e. The minimum Gasteiger partial charge on any atom is -0.493 e. The number of pyridine rings is 2. The number of nitrogens with zero attached hydrogens (tertiary/aromatic N) is 3. The lowest BCUT2D eigenvalue weighted by atomic mass is 10.2. The van der Waals surface area contributed by atoms with Crippen LogP contribution in [0.3, 0.4) is 0 Å². The van der Waals surface area contributed by atoms with Crippen LogP contribution in [0.5, 0.6) is 5.75 Å². The zero-order valence-corrected chi connectivity index (χ0v) is 20.9. The number of benzene rings is 1. The van der Waals surface area contributed by atoms with Crippen molar-refractivity contribution in [3.05, 3.63) is 93.9 Å². The maximum atomic E-state index is 12.8. The summed E-state index contributed by atoms with van der Waals surface area (Å²) in [5.41, 5.74) is 5.11. The van der Waals surface area contributed by atoms with Crippen LogP contribution in [-0.2, 0) is 30.5 Å². The van der Waals surface area contributed by atoms with Crippen molar-refractivity contribution in [2.24, 2.45) is 0 Å². The number of imide groups is 1. The molecule has 0 N–H and O–H groups in total. The highest BCUT2D eigenvalue weighted by molar-refractivity contribution is 8.18. The van der Waals surface area contributed by atoms with E-state index < -0.39 is 0 Å². The van der Waals surface area contributed by atoms with Crippen LogP contribution in [0.1, 0.15) is 41.9 Å². The van der Waals surface area contributed by atoms with Crippen LogP contribution in [0.2, 0.25) is 0 Å². The van der Waals surface area contributed by atoms with Crippen molar-refractivity contribution in [3.8, 4) is 5.75 Å². The maximum absolute atomic E-state index is 12.8. The third-order valence-electron chi connectivity index (χ3n) is 5.86. The first-order valence-electron chi connectivity index (χ1n) is 11.9. The molecule has 1 fully saturated rings. The second-order valence-corrected chi connectivity index (χ2v) is 9.27. The molecule has 4 rings (SSSR count). The van der Waals surface area contributed by atoms with E-state index in [2.05, 4.69) is 29.9 Å². The molecule has 7 heteroatoms. The Morgan fingerprint density at radius 2 is 1.49 bits per heavy atom. The zero-order valence-electron chi connectivity index (χ0n) is 20.1. The van der Waals surface area contributed by atoms with Crippen LogP contribution in [0.15, 0.2) is 65.8 Å². The Bertz CT molecular complexity index is 1190. The summed E-state index contributed by atoms with van der Waals surface area (Å²) < 4.78 is 5.83. The molecule has 0 spiro atoms. The molecule has 3 aromatic rings. The molecule has 2 amide bonds. The van der Waals surface area contributed by atoms with E-state index in [4.69, 9.17) is 4.74 Å². The fourth-order valence-corrected chi connectivity index (χ4v) is 4.49. The monoisotopic (exact) mass is 487 g/mol. The molecule has 1 aromatic carbocycles. The lowest BCUT2D eigenvalue weighted by molar-refractivity contribution is -0.122. The van der Waals surface area contributed by atoms with E-state index in [1.165, 1.54) is 10.5 Å². The van der Waals surface area contributed by atoms with Crippen molar-refractivity contribution in [2.45, 2.75) is 39.5 Å². The second kappa shape index (κ2) is 11.8. The number of carbonyl (C=O) groups is 2. The van der Waals surface area contributed by atoms with E-state index >= 15 is 0 Å². The standard InChI is InChI=1S/C28H29N3O3S/c1-3-20-5-9-23(29-18-20)13-15-31-27(32)26(35-28(31)33)17-22-7-11-25(12-8-22)34-16-14-24-10-6-21(4-2)19-30-24/h5-12,17-19H,3-4,13-16H2,1-2H3. The first-order chi connectivity index (χ1) is 17.1. The summed E-state index contributed by atoms with van der Waals surface area (Å²) in [6.07, 6.45) is 8.69. The summed E-state index contributed by atoms with van der Waals surface area (Å²) in [6, 6.07) is 15.6. The summed E-state index contributed by atoms with van der Waals surface area (Å²) in [5, 5.41) is -0.244. The average molecular weight is 488 g/mol. The molecule has 0 saturated carbocycles. The van der Waals surface area contributed by atoms with Crippen LogP contribution >= 0.6 is 11.8 Å². The van der Waals surface area contributed by atoms with Crippen molar-refractivity contribution in [1.29, 1.82) is 0 Å². The Morgan fingerprint density at radius 3 is 2.06 bits per heavy atom. The molecule has 0 radical (unpaired) electrons. The predicted molar refractivity (Wildman–Crippen MR) is 139 cm³/mol. The van der Waals surface area contributed by atoms with E-state index in [1.54, 1.807) is 6.08 Å². The minimum atomic E-state index is -0.257. The van der Waals surface area contributed by atoms with Crippen molar-refractivity contribution in [2.75, 3.05) is 13.2 Å². The number of thioether (sulfide) groups is 1. The van der Waals surface area contributed by atoms with Gasteiger partial charge < -0.3 is 4.74 Å². The Hall–Kier alpha value is -3.45. The molecular formula is C28H29N3O3S. The molecule has 0 atom stereocenters. The van der Waals surface area contributed by atoms with Gasteiger partial charge in [0.2, 0.25) is 0 Å². The molecule has 180 valence electrons. The lowest BCUT2D eigenvalue weighted by Gasteiger charge is -2.12. The molecule has 0 unspecified atom stereocenters. The van der Waals surface area contributed by atoms with Crippen LogP contribution in [-0.4, -0.2) is 39.2 Å². The van der Waals surface area contributed by atoms with E-state index in [0.717, 1.165) is 59.3 Å². The summed E-state index contributed by atoms with van der Waals surface area (Å²) in [6.45, 7) is 5.05. The molecule has 2 aromatic heterocycles. The van der Waals surface area contributed by atoms with Gasteiger partial charge in [0, 0.05) is 43.2 Å². The van der Waals surface area contributed by atoms with Gasteiger partial charge >= 0.3 is 0 Å². The number of ether oxygens (including phenoxy) is 1. The van der Waals surface area contributed by atoms with Gasteiger partial charge in [-0.05, 0) is 71.6 Å². The summed E-state index contributed by atoms with van der Waals surface area (Å²) >= 11 is 0.976. The van der Waals surface area contributed by atoms with Gasteiger partial charge in [0.1, 0.15) is 5.75 Å². The quantitative estimate of drug-likeness (QED) is 0.352. The number of amides is 2. The average Bonchev–Trinajstić information content (AvgIpc) is 3.16. The fraction of sp³-hybridized carbons (Fsp3) is 0.286. The van der Waals surface area contributed by atoms with Gasteiger partial charge in [-0.3, -0.25) is 24.5 Å². The SMILES string of the molecule is CCc1ccc(CCOc2ccc(C=C3SC(=O)N(CCc4ccc(CC)cn4)C3=O)cc2)nc1. The highest BCUT2D eigenvalue weighted by atomic mass is 32.2. The second-order valence-electron chi connectivity index (χ2n) is 8.27. The molecule has 6 nitrogen and oxygen atoms in total. The van der Waals surface area contributed by atoms with Gasteiger partial charge in [-0.2, -0.15) is 0 Å². The van der Waals surface area contributed by atoms with Gasteiger partial charge in [-0.15, -0.1) is 0 Å². The van der Waals surface area contributed by atoms with Gasteiger partial charge in [-0.1, -0.05) is 38.1 Å². The topological polar surface area (TPSA) is 72.4 Å². The van der Waals surface area contributed by atoms with Crippen molar-refractivity contribution < 1.29 is 14.3 Å². The van der Waals surface area contributed by atoms with Crippen LogP contribution in [0.25, 0.3) is 6.08 Å². The fourth-order valence-electron chi connectivity index (χ4n) is 3.63. The normalized spacial score (nSPS) is 14.7. The van der Waals surface area contributed by atoms with E-state index in [0.29, 0.717) is 24.5 Å². The molecule has 3 heterocycles. The first-order valence-corrected chi connectivity index (χ1v) is 12.7. The molecule has 35 heavy (non-hydrogen) atoms.